The molecule has 0 amide bonds. The molecule has 48 heavy (non-hydrogen) atoms. The third-order valence-corrected chi connectivity index (χ3v) is 10.1. The van der Waals surface area contributed by atoms with Crippen LogP contribution in [0.1, 0.15) is 42.3 Å². The molecule has 0 saturated carbocycles. The first-order valence-corrected chi connectivity index (χ1v) is 17.2. The molecule has 260 valence electrons. The van der Waals surface area contributed by atoms with E-state index in [9.17, 15) is 27.6 Å². The number of alkyl halides is 3. The minimum atomic E-state index is -4.77. The van der Waals surface area contributed by atoms with Crippen LogP contribution in [0.2, 0.25) is 0 Å². The molecule has 0 aliphatic carbocycles. The number of nitrogens with zero attached hydrogens (tertiary/aromatic N) is 5. The number of hydrogen-bond donors (Lipinski definition) is 4. The summed E-state index contributed by atoms with van der Waals surface area (Å²) in [6.07, 6.45) is -5.10. The summed E-state index contributed by atoms with van der Waals surface area (Å²) in [7, 11) is -1.61. The fourth-order valence-electron chi connectivity index (χ4n) is 5.85. The van der Waals surface area contributed by atoms with Crippen LogP contribution in [0.25, 0.3) is 0 Å². The van der Waals surface area contributed by atoms with Gasteiger partial charge in [-0.05, 0) is 56.3 Å². The van der Waals surface area contributed by atoms with Crippen LogP contribution < -0.4 is 15.5 Å². The quantitative estimate of drug-likeness (QED) is 0.170. The highest BCUT2D eigenvalue weighted by atomic mass is 31.2. The second kappa shape index (κ2) is 14.8. The third-order valence-electron chi connectivity index (χ3n) is 8.07. The Labute approximate surface area is 276 Å². The molecule has 0 spiro atoms. The number of piperazine rings is 1. The molecule has 2 aromatic carbocycles. The number of halogens is 3. The largest absolute Gasteiger partial charge is 0.480 e. The highest BCUT2D eigenvalue weighted by Gasteiger charge is 2.37. The summed E-state index contributed by atoms with van der Waals surface area (Å²) in [5, 5.41) is 26.0. The zero-order chi connectivity index (χ0) is 34.6. The lowest BCUT2D eigenvalue weighted by atomic mass is 10.0. The Kier molecular flexibility index (Phi) is 10.9. The van der Waals surface area contributed by atoms with E-state index in [4.69, 9.17) is 14.2 Å². The lowest BCUT2D eigenvalue weighted by Crippen LogP contribution is -2.48. The summed E-state index contributed by atoms with van der Waals surface area (Å²) in [4.78, 5) is 24.8. The Morgan fingerprint density at radius 3 is 2.31 bits per heavy atom. The van der Waals surface area contributed by atoms with E-state index in [1.165, 1.54) is 0 Å². The van der Waals surface area contributed by atoms with E-state index in [1.54, 1.807) is 62.2 Å². The van der Waals surface area contributed by atoms with Gasteiger partial charge in [0.2, 0.25) is 5.95 Å². The molecule has 5 rings (SSSR count). The standard InChI is InChI=1S/C31H39F3N7O6P/c1-4-46-48(45,47-5-2)19-20-6-8-21(9-7-20)36-30-35-16-23(31(32,33)34)28(38-30)37-24-10-11-25(22-17-39(3)29(44)27(22)24)41-14-12-40(13-15-41)18-26(42)43/h6-11,16,29,44H,4-5,12-15,17-19H2,1-3H3,(H,42,43)(H2,35,36,37,38). The number of anilines is 5. The second-order valence-electron chi connectivity index (χ2n) is 11.5. The van der Waals surface area contributed by atoms with E-state index in [1.807, 2.05) is 4.90 Å². The highest BCUT2D eigenvalue weighted by Crippen LogP contribution is 2.51. The van der Waals surface area contributed by atoms with Gasteiger partial charge in [-0.2, -0.15) is 18.2 Å². The molecule has 1 atom stereocenters. The Balaban J connectivity index is 1.39. The summed E-state index contributed by atoms with van der Waals surface area (Å²) < 4.78 is 66.0. The molecular weight excluding hydrogens is 654 g/mol. The molecule has 0 radical (unpaired) electrons. The Morgan fingerprint density at radius 2 is 1.71 bits per heavy atom. The molecule has 13 nitrogen and oxygen atoms in total. The molecule has 1 saturated heterocycles. The molecule has 2 aliphatic rings. The zero-order valence-electron chi connectivity index (χ0n) is 26.8. The van der Waals surface area contributed by atoms with Crippen molar-refractivity contribution in [1.82, 2.24) is 19.8 Å². The van der Waals surface area contributed by atoms with Crippen LogP contribution in [-0.4, -0.2) is 88.9 Å². The van der Waals surface area contributed by atoms with Crippen LogP contribution >= 0.6 is 7.60 Å². The molecule has 17 heteroatoms. The summed E-state index contributed by atoms with van der Waals surface area (Å²) in [5.41, 5.74) is 2.39. The molecule has 3 aromatic rings. The van der Waals surface area contributed by atoms with Crippen molar-refractivity contribution >= 4 is 42.4 Å². The Bertz CT molecular complexity index is 1640. The number of carboxylic acid groups (broad SMARTS) is 1. The van der Waals surface area contributed by atoms with Crippen molar-refractivity contribution in [3.05, 3.63) is 64.8 Å². The first kappa shape index (κ1) is 35.5. The number of carboxylic acids is 1. The van der Waals surface area contributed by atoms with Gasteiger partial charge in [-0.25, -0.2) is 4.98 Å². The fourth-order valence-corrected chi connectivity index (χ4v) is 7.56. The van der Waals surface area contributed by atoms with Crippen LogP contribution in [0.5, 0.6) is 0 Å². The highest BCUT2D eigenvalue weighted by molar-refractivity contribution is 7.53. The molecule has 3 heterocycles. The van der Waals surface area contributed by atoms with Crippen molar-refractivity contribution in [2.24, 2.45) is 0 Å². The van der Waals surface area contributed by atoms with Gasteiger partial charge in [0.25, 0.3) is 0 Å². The smallest absolute Gasteiger partial charge is 0.421 e. The monoisotopic (exact) mass is 693 g/mol. The number of fused-ring (bicyclic) bond motifs is 1. The van der Waals surface area contributed by atoms with Crippen molar-refractivity contribution in [2.45, 2.75) is 39.0 Å². The van der Waals surface area contributed by atoms with Gasteiger partial charge >= 0.3 is 19.7 Å². The average Bonchev–Trinajstić information content (AvgIpc) is 3.32. The van der Waals surface area contributed by atoms with E-state index in [0.717, 1.165) is 11.3 Å². The maximum atomic E-state index is 14.1. The van der Waals surface area contributed by atoms with Crippen molar-refractivity contribution in [3.8, 4) is 0 Å². The van der Waals surface area contributed by atoms with Gasteiger partial charge in [-0.15, -0.1) is 0 Å². The van der Waals surface area contributed by atoms with Crippen LogP contribution in [-0.2, 0) is 37.3 Å². The van der Waals surface area contributed by atoms with Gasteiger partial charge in [-0.1, -0.05) is 12.1 Å². The van der Waals surface area contributed by atoms with E-state index in [0.29, 0.717) is 55.7 Å². The zero-order valence-corrected chi connectivity index (χ0v) is 27.7. The number of aromatic nitrogens is 2. The van der Waals surface area contributed by atoms with Crippen LogP contribution in [0, 0.1) is 0 Å². The number of aliphatic hydroxyl groups is 1. The van der Waals surface area contributed by atoms with Gasteiger partial charge in [0.05, 0.1) is 25.9 Å². The van der Waals surface area contributed by atoms with Crippen LogP contribution in [0.4, 0.5) is 42.0 Å². The summed E-state index contributed by atoms with van der Waals surface area (Å²) >= 11 is 0. The predicted octanol–water partition coefficient (Wildman–Crippen LogP) is 5.39. The summed E-state index contributed by atoms with van der Waals surface area (Å²) in [6.45, 7) is 6.42. The van der Waals surface area contributed by atoms with Crippen LogP contribution in [0.3, 0.4) is 0 Å². The topological polar surface area (TPSA) is 153 Å². The van der Waals surface area contributed by atoms with Gasteiger partial charge in [-0.3, -0.25) is 19.2 Å². The van der Waals surface area contributed by atoms with Crippen molar-refractivity contribution in [1.29, 1.82) is 0 Å². The molecule has 1 aromatic heterocycles. The Hall–Kier alpha value is -3.79. The lowest BCUT2D eigenvalue weighted by molar-refractivity contribution is -0.138. The van der Waals surface area contributed by atoms with Crippen molar-refractivity contribution in [3.63, 3.8) is 0 Å². The van der Waals surface area contributed by atoms with Gasteiger partial charge < -0.3 is 34.8 Å². The molecule has 4 N–H and O–H groups in total. The maximum Gasteiger partial charge on any atom is 0.421 e. The Morgan fingerprint density at radius 1 is 1.04 bits per heavy atom. The van der Waals surface area contributed by atoms with E-state index >= 15 is 0 Å². The maximum absolute atomic E-state index is 14.1. The molecule has 1 unspecified atom stereocenters. The lowest BCUT2D eigenvalue weighted by Gasteiger charge is -2.36. The number of carbonyl (C=O) groups is 1. The normalized spacial score (nSPS) is 17.4. The van der Waals surface area contributed by atoms with Gasteiger partial charge in [0.15, 0.2) is 0 Å². The number of aliphatic carboxylic acids is 1. The number of hydrogen-bond acceptors (Lipinski definition) is 12. The van der Waals surface area contributed by atoms with Gasteiger partial charge in [0.1, 0.15) is 17.6 Å². The van der Waals surface area contributed by atoms with E-state index < -0.39 is 37.4 Å². The summed E-state index contributed by atoms with van der Waals surface area (Å²) in [5.74, 6) is -1.49. The molecule has 2 aliphatic heterocycles. The number of aliphatic hydroxyl groups excluding tert-OH is 1. The van der Waals surface area contributed by atoms with E-state index in [2.05, 4.69) is 25.5 Å². The molecule has 1 fully saturated rings. The first-order chi connectivity index (χ1) is 22.8. The molecular formula is C31H39F3N7O6P. The summed E-state index contributed by atoms with van der Waals surface area (Å²) in [6, 6.07) is 10.1. The minimum Gasteiger partial charge on any atom is -0.480 e. The van der Waals surface area contributed by atoms with Gasteiger partial charge in [0, 0.05) is 61.5 Å². The molecule has 0 bridgehead atoms. The van der Waals surface area contributed by atoms with E-state index in [-0.39, 0.29) is 37.6 Å². The van der Waals surface area contributed by atoms with Crippen molar-refractivity contribution in [2.75, 3.05) is 68.5 Å². The van der Waals surface area contributed by atoms with Crippen molar-refractivity contribution < 1.29 is 41.8 Å². The second-order valence-corrected chi connectivity index (χ2v) is 13.5. The third kappa shape index (κ3) is 8.25. The predicted molar refractivity (Wildman–Crippen MR) is 174 cm³/mol. The van der Waals surface area contributed by atoms with Crippen LogP contribution in [0.15, 0.2) is 42.6 Å². The number of benzene rings is 2. The average molecular weight is 694 g/mol. The first-order valence-electron chi connectivity index (χ1n) is 15.5. The number of nitrogens with one attached hydrogen (secondary N) is 2. The fraction of sp³-hybridized carbons (Fsp3) is 0.452. The SMILES string of the molecule is CCOP(=O)(Cc1ccc(Nc2ncc(C(F)(F)F)c(Nc3ccc(N4CCN(CC(=O)O)CC4)c4c3C(O)N(C)C4)n2)cc1)OCC. The number of rotatable bonds is 13. The minimum absolute atomic E-state index is 0.0506.